The molecule has 0 aromatic carbocycles. The molecule has 25 heavy (non-hydrogen) atoms. The van der Waals surface area contributed by atoms with Crippen LogP contribution in [0.2, 0.25) is 0 Å². The van der Waals surface area contributed by atoms with Crippen LogP contribution < -0.4 is 10.6 Å². The van der Waals surface area contributed by atoms with Gasteiger partial charge in [0.25, 0.3) is 5.91 Å². The van der Waals surface area contributed by atoms with Crippen LogP contribution in [0, 0.1) is 0 Å². The minimum Gasteiger partial charge on any atom is -0.368 e. The molecule has 8 heteroatoms. The number of carbonyl (C=O) groups is 1. The van der Waals surface area contributed by atoms with Gasteiger partial charge in [-0.1, -0.05) is 0 Å². The van der Waals surface area contributed by atoms with Gasteiger partial charge in [-0.15, -0.1) is 0 Å². The van der Waals surface area contributed by atoms with Crippen LogP contribution >= 0.6 is 0 Å². The lowest BCUT2D eigenvalue weighted by Gasteiger charge is -2.34. The number of rotatable bonds is 3. The van der Waals surface area contributed by atoms with Crippen LogP contribution in [-0.2, 0) is 0 Å². The number of hydrogen-bond donors (Lipinski definition) is 1. The Hall–Kier alpha value is -3.00. The Labute approximate surface area is 144 Å². The predicted molar refractivity (Wildman–Crippen MR) is 94.4 cm³/mol. The second-order valence-electron chi connectivity index (χ2n) is 6.16. The number of anilines is 1. The van der Waals surface area contributed by atoms with Gasteiger partial charge >= 0.3 is 0 Å². The Balaban J connectivity index is 1.87. The highest BCUT2D eigenvalue weighted by Crippen LogP contribution is 2.33. The molecule has 0 radical (unpaired) electrons. The van der Waals surface area contributed by atoms with E-state index in [1.54, 1.807) is 35.4 Å². The minimum atomic E-state index is -0.545. The van der Waals surface area contributed by atoms with Crippen LogP contribution in [0.25, 0.3) is 16.9 Å². The lowest BCUT2D eigenvalue weighted by Crippen LogP contribution is -2.44. The number of piperazine rings is 1. The standard InChI is InChI=1S/C17H19N7O/c1-22-7-9-23(10-8-22)13-3-5-19-11-12(13)15-14(16(18)25)17-20-4-2-6-24(17)21-15/h2-6,11H,7-10H2,1H3,(H2,18,25). The Morgan fingerprint density at radius 2 is 2.00 bits per heavy atom. The Morgan fingerprint density at radius 3 is 2.76 bits per heavy atom. The van der Waals surface area contributed by atoms with Crippen molar-refractivity contribution in [1.82, 2.24) is 24.5 Å². The summed E-state index contributed by atoms with van der Waals surface area (Å²) in [7, 11) is 2.11. The molecule has 128 valence electrons. The molecule has 4 rings (SSSR count). The van der Waals surface area contributed by atoms with Gasteiger partial charge in [0.05, 0.1) is 0 Å². The number of nitrogens with zero attached hydrogens (tertiary/aromatic N) is 6. The summed E-state index contributed by atoms with van der Waals surface area (Å²) in [5, 5.41) is 4.55. The second kappa shape index (κ2) is 6.14. The van der Waals surface area contributed by atoms with Crippen molar-refractivity contribution in [3.05, 3.63) is 42.5 Å². The first-order valence-electron chi connectivity index (χ1n) is 8.16. The summed E-state index contributed by atoms with van der Waals surface area (Å²) in [5.41, 5.74) is 8.74. The van der Waals surface area contributed by atoms with E-state index >= 15 is 0 Å². The molecule has 0 aliphatic carbocycles. The maximum atomic E-state index is 12.1. The third kappa shape index (κ3) is 2.70. The molecule has 0 spiro atoms. The van der Waals surface area contributed by atoms with Gasteiger partial charge in [0.1, 0.15) is 11.3 Å². The van der Waals surface area contributed by atoms with E-state index < -0.39 is 5.91 Å². The van der Waals surface area contributed by atoms with Crippen molar-refractivity contribution in [3.63, 3.8) is 0 Å². The van der Waals surface area contributed by atoms with Gasteiger partial charge in [-0.2, -0.15) is 5.10 Å². The largest absolute Gasteiger partial charge is 0.368 e. The molecule has 0 saturated carbocycles. The van der Waals surface area contributed by atoms with E-state index in [2.05, 4.69) is 31.9 Å². The molecular formula is C17H19N7O. The highest BCUT2D eigenvalue weighted by molar-refractivity contribution is 6.05. The molecule has 2 N–H and O–H groups in total. The van der Waals surface area contributed by atoms with E-state index in [1.807, 2.05) is 6.07 Å². The first-order valence-corrected chi connectivity index (χ1v) is 8.16. The molecule has 8 nitrogen and oxygen atoms in total. The number of primary amides is 1. The maximum Gasteiger partial charge on any atom is 0.254 e. The summed E-state index contributed by atoms with van der Waals surface area (Å²) in [6.07, 6.45) is 6.87. The van der Waals surface area contributed by atoms with Crippen LogP contribution in [0.1, 0.15) is 10.4 Å². The highest BCUT2D eigenvalue weighted by atomic mass is 16.1. The van der Waals surface area contributed by atoms with E-state index in [4.69, 9.17) is 5.73 Å². The summed E-state index contributed by atoms with van der Waals surface area (Å²) >= 11 is 0. The molecule has 3 aromatic rings. The number of amides is 1. The molecule has 1 aliphatic heterocycles. The third-order valence-electron chi connectivity index (χ3n) is 4.54. The van der Waals surface area contributed by atoms with Crippen molar-refractivity contribution in [2.75, 3.05) is 38.1 Å². The number of carbonyl (C=O) groups excluding carboxylic acids is 1. The van der Waals surface area contributed by atoms with Gasteiger partial charge in [-0.05, 0) is 19.2 Å². The summed E-state index contributed by atoms with van der Waals surface area (Å²) in [6.45, 7) is 3.78. The van der Waals surface area contributed by atoms with Gasteiger partial charge in [0, 0.05) is 62.2 Å². The fourth-order valence-electron chi connectivity index (χ4n) is 3.19. The van der Waals surface area contributed by atoms with Crippen molar-refractivity contribution in [3.8, 4) is 11.3 Å². The van der Waals surface area contributed by atoms with E-state index in [0.29, 0.717) is 16.9 Å². The van der Waals surface area contributed by atoms with Crippen molar-refractivity contribution < 1.29 is 4.79 Å². The molecule has 3 aromatic heterocycles. The van der Waals surface area contributed by atoms with Crippen LogP contribution in [0.4, 0.5) is 5.69 Å². The summed E-state index contributed by atoms with van der Waals surface area (Å²) < 4.78 is 1.58. The van der Waals surface area contributed by atoms with Crippen LogP contribution in [0.3, 0.4) is 0 Å². The SMILES string of the molecule is CN1CCN(c2ccncc2-c2nn3cccnc3c2C(N)=O)CC1. The van der Waals surface area contributed by atoms with E-state index in [1.165, 1.54) is 0 Å². The third-order valence-corrected chi connectivity index (χ3v) is 4.54. The van der Waals surface area contributed by atoms with Gasteiger partial charge in [-0.3, -0.25) is 9.78 Å². The minimum absolute atomic E-state index is 0.323. The molecule has 0 unspecified atom stereocenters. The molecular weight excluding hydrogens is 318 g/mol. The van der Waals surface area contributed by atoms with Crippen molar-refractivity contribution in [1.29, 1.82) is 0 Å². The first kappa shape index (κ1) is 15.5. The average molecular weight is 337 g/mol. The van der Waals surface area contributed by atoms with Gasteiger partial charge < -0.3 is 15.5 Å². The van der Waals surface area contributed by atoms with Gasteiger partial charge in [0.15, 0.2) is 5.65 Å². The number of aromatic nitrogens is 4. The molecule has 4 heterocycles. The van der Waals surface area contributed by atoms with Crippen molar-refractivity contribution >= 4 is 17.2 Å². The van der Waals surface area contributed by atoms with Crippen LogP contribution in [0.5, 0.6) is 0 Å². The Morgan fingerprint density at radius 1 is 1.20 bits per heavy atom. The lowest BCUT2D eigenvalue weighted by molar-refractivity contribution is 0.100. The number of nitrogens with two attached hydrogens (primary N) is 1. The quantitative estimate of drug-likeness (QED) is 0.754. The van der Waals surface area contributed by atoms with Crippen molar-refractivity contribution in [2.45, 2.75) is 0 Å². The van der Waals surface area contributed by atoms with Crippen LogP contribution in [-0.4, -0.2) is 63.6 Å². The van der Waals surface area contributed by atoms with E-state index in [9.17, 15) is 4.79 Å². The summed E-state index contributed by atoms with van der Waals surface area (Å²) in [5.74, 6) is -0.545. The van der Waals surface area contributed by atoms with Crippen molar-refractivity contribution in [2.24, 2.45) is 5.73 Å². The smallest absolute Gasteiger partial charge is 0.254 e. The van der Waals surface area contributed by atoms with E-state index in [-0.39, 0.29) is 0 Å². The fraction of sp³-hybridized carbons (Fsp3) is 0.294. The molecule has 1 aliphatic rings. The summed E-state index contributed by atoms with van der Waals surface area (Å²) in [6, 6.07) is 3.72. The van der Waals surface area contributed by atoms with Crippen LogP contribution in [0.15, 0.2) is 36.9 Å². The molecule has 1 fully saturated rings. The fourth-order valence-corrected chi connectivity index (χ4v) is 3.19. The average Bonchev–Trinajstić information content (AvgIpc) is 3.02. The number of pyridine rings is 1. The van der Waals surface area contributed by atoms with E-state index in [0.717, 1.165) is 37.4 Å². The number of fused-ring (bicyclic) bond motifs is 1. The first-order chi connectivity index (χ1) is 12.1. The monoisotopic (exact) mass is 337 g/mol. The van der Waals surface area contributed by atoms with Gasteiger partial charge in [0.2, 0.25) is 0 Å². The predicted octanol–water partition coefficient (Wildman–Crippen LogP) is 0.642. The second-order valence-corrected chi connectivity index (χ2v) is 6.16. The molecule has 0 atom stereocenters. The Bertz CT molecular complexity index is 928. The zero-order valence-electron chi connectivity index (χ0n) is 14.0. The maximum absolute atomic E-state index is 12.1. The highest BCUT2D eigenvalue weighted by Gasteiger charge is 2.24. The number of hydrogen-bond acceptors (Lipinski definition) is 6. The lowest BCUT2D eigenvalue weighted by atomic mass is 10.1. The summed E-state index contributed by atoms with van der Waals surface area (Å²) in [4.78, 5) is 25.2. The zero-order chi connectivity index (χ0) is 17.4. The normalized spacial score (nSPS) is 15.6. The molecule has 1 saturated heterocycles. The number of likely N-dealkylation sites (N-methyl/N-ethyl adjacent to an activating group) is 1. The molecule has 0 bridgehead atoms. The zero-order valence-corrected chi connectivity index (χ0v) is 14.0. The van der Waals surface area contributed by atoms with Gasteiger partial charge in [-0.25, -0.2) is 9.50 Å². The Kier molecular flexibility index (Phi) is 3.81. The molecule has 1 amide bonds. The topological polar surface area (TPSA) is 92.7 Å².